The van der Waals surface area contributed by atoms with Gasteiger partial charge in [0, 0.05) is 22.7 Å². The molecule has 3 rings (SSSR count). The van der Waals surface area contributed by atoms with Crippen LogP contribution in [-0.2, 0) is 11.3 Å². The first kappa shape index (κ1) is 17.9. The number of anilines is 1. The van der Waals surface area contributed by atoms with Crippen LogP contribution < -0.4 is 4.90 Å². The monoisotopic (exact) mass is 488 g/mol. The van der Waals surface area contributed by atoms with Crippen LogP contribution in [0.5, 0.6) is 0 Å². The maximum atomic E-state index is 12.5. The Bertz CT molecular complexity index is 609. The lowest BCUT2D eigenvalue weighted by molar-refractivity contribution is 0.153. The Labute approximate surface area is 164 Å². The van der Waals surface area contributed by atoms with Gasteiger partial charge in [-0.2, -0.15) is 0 Å². The standard InChI is InChI=1S/C15H16Cl3IN2O2/c16-15(17,18)9-23-14(22)21-8-12-2-1-5-20(12)7-10-6-11(19)3-4-13(10)21/h3-4,6,12H,1-2,5,7-9H2. The molecule has 0 aromatic heterocycles. The fourth-order valence-corrected chi connectivity index (χ4v) is 3.90. The van der Waals surface area contributed by atoms with Crippen LogP contribution in [0.2, 0.25) is 0 Å². The van der Waals surface area contributed by atoms with Gasteiger partial charge < -0.3 is 4.74 Å². The number of hydrogen-bond donors (Lipinski definition) is 0. The summed E-state index contributed by atoms with van der Waals surface area (Å²) in [5, 5.41) is 0. The van der Waals surface area contributed by atoms with Crippen molar-refractivity contribution in [1.82, 2.24) is 4.90 Å². The maximum absolute atomic E-state index is 12.5. The Morgan fingerprint density at radius 1 is 1.39 bits per heavy atom. The van der Waals surface area contributed by atoms with Gasteiger partial charge >= 0.3 is 6.09 Å². The molecular weight excluding hydrogens is 473 g/mol. The summed E-state index contributed by atoms with van der Waals surface area (Å²) in [7, 11) is 0. The van der Waals surface area contributed by atoms with E-state index >= 15 is 0 Å². The summed E-state index contributed by atoms with van der Waals surface area (Å²) in [6, 6.07) is 6.42. The molecule has 23 heavy (non-hydrogen) atoms. The van der Waals surface area contributed by atoms with E-state index in [1.807, 2.05) is 12.1 Å². The first-order chi connectivity index (χ1) is 10.8. The average Bonchev–Trinajstić information content (AvgIpc) is 2.83. The second kappa shape index (κ2) is 7.12. The first-order valence-corrected chi connectivity index (χ1v) is 9.58. The average molecular weight is 490 g/mol. The van der Waals surface area contributed by atoms with Crippen molar-refractivity contribution in [1.29, 1.82) is 0 Å². The largest absolute Gasteiger partial charge is 0.445 e. The third kappa shape index (κ3) is 4.37. The predicted octanol–water partition coefficient (Wildman–Crippen LogP) is 4.58. The minimum atomic E-state index is -1.60. The number of rotatable bonds is 1. The number of amides is 1. The van der Waals surface area contributed by atoms with Crippen LogP contribution in [0.4, 0.5) is 10.5 Å². The molecule has 0 bridgehead atoms. The van der Waals surface area contributed by atoms with Gasteiger partial charge in [-0.1, -0.05) is 34.8 Å². The zero-order chi connectivity index (χ0) is 16.6. The lowest BCUT2D eigenvalue weighted by atomic mass is 10.1. The van der Waals surface area contributed by atoms with E-state index in [4.69, 9.17) is 39.5 Å². The van der Waals surface area contributed by atoms with Crippen molar-refractivity contribution in [2.75, 3.05) is 24.6 Å². The van der Waals surface area contributed by atoms with E-state index in [-0.39, 0.29) is 6.61 Å². The van der Waals surface area contributed by atoms with Crippen molar-refractivity contribution in [3.63, 3.8) is 0 Å². The molecule has 0 aliphatic carbocycles. The summed E-state index contributed by atoms with van der Waals surface area (Å²) >= 11 is 19.3. The molecule has 1 aromatic rings. The molecule has 2 heterocycles. The Balaban J connectivity index is 1.87. The number of ether oxygens (including phenoxy) is 1. The van der Waals surface area contributed by atoms with E-state index in [2.05, 4.69) is 33.6 Å². The molecule has 0 radical (unpaired) electrons. The molecule has 2 aliphatic rings. The van der Waals surface area contributed by atoms with Crippen LogP contribution in [0.15, 0.2) is 18.2 Å². The van der Waals surface area contributed by atoms with Crippen molar-refractivity contribution >= 4 is 69.2 Å². The van der Waals surface area contributed by atoms with Crippen molar-refractivity contribution in [3.8, 4) is 0 Å². The molecule has 8 heteroatoms. The molecule has 0 saturated carbocycles. The zero-order valence-electron chi connectivity index (χ0n) is 12.3. The molecule has 1 fully saturated rings. The number of hydrogen-bond acceptors (Lipinski definition) is 3. The number of fused-ring (bicyclic) bond motifs is 2. The van der Waals surface area contributed by atoms with Crippen LogP contribution in [0.3, 0.4) is 0 Å². The lowest BCUT2D eigenvalue weighted by Crippen LogP contribution is -2.41. The predicted molar refractivity (Wildman–Crippen MR) is 102 cm³/mol. The summed E-state index contributed by atoms with van der Waals surface area (Å²) in [5.41, 5.74) is 2.02. The van der Waals surface area contributed by atoms with Crippen molar-refractivity contribution in [2.24, 2.45) is 0 Å². The van der Waals surface area contributed by atoms with Gasteiger partial charge in [0.15, 0.2) is 0 Å². The Kier molecular flexibility index (Phi) is 5.53. The third-order valence-electron chi connectivity index (χ3n) is 4.18. The number of alkyl halides is 3. The van der Waals surface area contributed by atoms with E-state index in [1.165, 1.54) is 0 Å². The van der Waals surface area contributed by atoms with Gasteiger partial charge in [-0.3, -0.25) is 9.80 Å². The zero-order valence-corrected chi connectivity index (χ0v) is 16.7. The van der Waals surface area contributed by atoms with E-state index < -0.39 is 9.89 Å². The van der Waals surface area contributed by atoms with Crippen molar-refractivity contribution < 1.29 is 9.53 Å². The molecule has 0 spiro atoms. The molecule has 4 nitrogen and oxygen atoms in total. The Hall–Kier alpha value is 0.0500. The smallest absolute Gasteiger partial charge is 0.414 e. The molecule has 0 N–H and O–H groups in total. The van der Waals surface area contributed by atoms with Gasteiger partial charge in [-0.05, 0) is 65.7 Å². The fourth-order valence-electron chi connectivity index (χ4n) is 3.18. The summed E-state index contributed by atoms with van der Waals surface area (Å²) in [4.78, 5) is 16.6. The Morgan fingerprint density at radius 2 is 2.17 bits per heavy atom. The molecule has 1 aromatic carbocycles. The van der Waals surface area contributed by atoms with Crippen LogP contribution in [0.1, 0.15) is 18.4 Å². The van der Waals surface area contributed by atoms with E-state index in [0.717, 1.165) is 40.8 Å². The van der Waals surface area contributed by atoms with Crippen molar-refractivity contribution in [2.45, 2.75) is 29.2 Å². The highest BCUT2D eigenvalue weighted by molar-refractivity contribution is 14.1. The van der Waals surface area contributed by atoms with Crippen LogP contribution >= 0.6 is 57.4 Å². The highest BCUT2D eigenvalue weighted by atomic mass is 127. The molecular formula is C15H16Cl3IN2O2. The highest BCUT2D eigenvalue weighted by Crippen LogP contribution is 2.33. The molecule has 2 aliphatic heterocycles. The lowest BCUT2D eigenvalue weighted by Gasteiger charge is -2.26. The molecule has 1 atom stereocenters. The van der Waals surface area contributed by atoms with Gasteiger partial charge in [-0.25, -0.2) is 4.79 Å². The van der Waals surface area contributed by atoms with Gasteiger partial charge in [0.1, 0.15) is 6.61 Å². The third-order valence-corrected chi connectivity index (χ3v) is 5.18. The summed E-state index contributed by atoms with van der Waals surface area (Å²) in [6.07, 6.45) is 1.77. The van der Waals surface area contributed by atoms with Gasteiger partial charge in [-0.15, -0.1) is 0 Å². The quantitative estimate of drug-likeness (QED) is 0.428. The summed E-state index contributed by atoms with van der Waals surface area (Å²) < 4.78 is 4.75. The number of benzene rings is 1. The summed E-state index contributed by atoms with van der Waals surface area (Å²) in [6.45, 7) is 2.26. The van der Waals surface area contributed by atoms with Gasteiger partial charge in [0.25, 0.3) is 0 Å². The SMILES string of the molecule is O=C(OCC(Cl)(Cl)Cl)N1CC2CCCN2Cc2cc(I)ccc21. The first-order valence-electron chi connectivity index (χ1n) is 7.37. The second-order valence-electron chi connectivity index (χ2n) is 5.82. The fraction of sp³-hybridized carbons (Fsp3) is 0.533. The number of carbonyl (C=O) groups excluding carboxylic acids is 1. The molecule has 1 unspecified atom stereocenters. The number of nitrogens with zero attached hydrogens (tertiary/aromatic N) is 2. The van der Waals surface area contributed by atoms with Gasteiger partial charge in [0.2, 0.25) is 3.79 Å². The Morgan fingerprint density at radius 3 is 2.91 bits per heavy atom. The minimum Gasteiger partial charge on any atom is -0.445 e. The maximum Gasteiger partial charge on any atom is 0.414 e. The normalized spacial score (nSPS) is 21.6. The topological polar surface area (TPSA) is 32.8 Å². The molecule has 1 saturated heterocycles. The molecule has 126 valence electrons. The number of carbonyl (C=O) groups is 1. The highest BCUT2D eigenvalue weighted by Gasteiger charge is 2.35. The van der Waals surface area contributed by atoms with E-state index in [9.17, 15) is 4.79 Å². The summed E-state index contributed by atoms with van der Waals surface area (Å²) in [5.74, 6) is 0. The minimum absolute atomic E-state index is 0.263. The van der Waals surface area contributed by atoms with E-state index in [1.54, 1.807) is 4.90 Å². The van der Waals surface area contributed by atoms with Crippen molar-refractivity contribution in [3.05, 3.63) is 27.3 Å². The molecule has 1 amide bonds. The number of halogens is 4. The van der Waals surface area contributed by atoms with E-state index in [0.29, 0.717) is 12.6 Å². The van der Waals surface area contributed by atoms with Crippen LogP contribution in [0.25, 0.3) is 0 Å². The van der Waals surface area contributed by atoms with Crippen LogP contribution in [-0.4, -0.2) is 40.5 Å². The van der Waals surface area contributed by atoms with Crippen LogP contribution in [0, 0.1) is 3.57 Å². The second-order valence-corrected chi connectivity index (χ2v) is 9.58. The van der Waals surface area contributed by atoms with Gasteiger partial charge in [0.05, 0.1) is 5.69 Å².